The van der Waals surface area contributed by atoms with E-state index >= 15 is 0 Å². The number of urea groups is 1. The molecule has 0 aromatic heterocycles. The number of amides is 3. The van der Waals surface area contributed by atoms with Gasteiger partial charge in [-0.05, 0) is 25.0 Å². The van der Waals surface area contributed by atoms with E-state index < -0.39 is 11.6 Å². The predicted molar refractivity (Wildman–Crippen MR) is 72.1 cm³/mol. The minimum atomic E-state index is -0.993. The SMILES string of the molecule is CCc1ccccc1N1C(=O)NC(C)(COC)C1=O. The van der Waals surface area contributed by atoms with Crippen molar-refractivity contribution in [2.45, 2.75) is 25.8 Å². The lowest BCUT2D eigenvalue weighted by Crippen LogP contribution is -2.48. The van der Waals surface area contributed by atoms with Crippen molar-refractivity contribution in [3.63, 3.8) is 0 Å². The van der Waals surface area contributed by atoms with E-state index in [1.54, 1.807) is 13.0 Å². The largest absolute Gasteiger partial charge is 0.382 e. The summed E-state index contributed by atoms with van der Waals surface area (Å²) in [6, 6.07) is 7.03. The van der Waals surface area contributed by atoms with Crippen LogP contribution in [0.3, 0.4) is 0 Å². The molecular formula is C14H18N2O3. The molecule has 0 spiro atoms. The topological polar surface area (TPSA) is 58.6 Å². The van der Waals surface area contributed by atoms with Gasteiger partial charge in [0.15, 0.2) is 0 Å². The van der Waals surface area contributed by atoms with Crippen molar-refractivity contribution in [3.8, 4) is 0 Å². The van der Waals surface area contributed by atoms with Crippen molar-refractivity contribution in [2.24, 2.45) is 0 Å². The summed E-state index contributed by atoms with van der Waals surface area (Å²) in [6.45, 7) is 3.82. The van der Waals surface area contributed by atoms with Crippen LogP contribution >= 0.6 is 0 Å². The fourth-order valence-electron chi connectivity index (χ4n) is 2.32. The van der Waals surface area contributed by atoms with Gasteiger partial charge < -0.3 is 10.1 Å². The first-order chi connectivity index (χ1) is 9.03. The summed E-state index contributed by atoms with van der Waals surface area (Å²) in [5.74, 6) is -0.278. The Labute approximate surface area is 112 Å². The summed E-state index contributed by atoms with van der Waals surface area (Å²) in [4.78, 5) is 25.7. The highest BCUT2D eigenvalue weighted by Gasteiger charge is 2.48. The number of aryl methyl sites for hydroxylation is 1. The Kier molecular flexibility index (Phi) is 3.57. The monoisotopic (exact) mass is 262 g/mol. The van der Waals surface area contributed by atoms with Crippen molar-refractivity contribution in [2.75, 3.05) is 18.6 Å². The molecule has 1 saturated heterocycles. The lowest BCUT2D eigenvalue weighted by atomic mass is 10.0. The molecule has 1 unspecified atom stereocenters. The Morgan fingerprint density at radius 2 is 2.00 bits per heavy atom. The number of rotatable bonds is 4. The van der Waals surface area contributed by atoms with Gasteiger partial charge in [-0.25, -0.2) is 9.69 Å². The molecule has 0 saturated carbocycles. The number of imide groups is 1. The number of nitrogens with one attached hydrogen (secondary N) is 1. The van der Waals surface area contributed by atoms with E-state index in [1.807, 2.05) is 25.1 Å². The maximum atomic E-state index is 12.5. The van der Waals surface area contributed by atoms with E-state index in [-0.39, 0.29) is 12.5 Å². The van der Waals surface area contributed by atoms with Crippen LogP contribution in [0.1, 0.15) is 19.4 Å². The van der Waals surface area contributed by atoms with Gasteiger partial charge in [0.25, 0.3) is 5.91 Å². The van der Waals surface area contributed by atoms with Crippen LogP contribution in [-0.2, 0) is 16.0 Å². The van der Waals surface area contributed by atoms with E-state index in [0.717, 1.165) is 12.0 Å². The molecule has 5 nitrogen and oxygen atoms in total. The van der Waals surface area contributed by atoms with Crippen LogP contribution in [0.25, 0.3) is 0 Å². The average molecular weight is 262 g/mol. The van der Waals surface area contributed by atoms with E-state index in [1.165, 1.54) is 12.0 Å². The number of carbonyl (C=O) groups is 2. The van der Waals surface area contributed by atoms with E-state index in [0.29, 0.717) is 5.69 Å². The van der Waals surface area contributed by atoms with Crippen molar-refractivity contribution in [3.05, 3.63) is 29.8 Å². The zero-order valence-electron chi connectivity index (χ0n) is 11.4. The molecule has 5 heteroatoms. The van der Waals surface area contributed by atoms with Crippen LogP contribution in [0, 0.1) is 0 Å². The van der Waals surface area contributed by atoms with E-state index in [9.17, 15) is 9.59 Å². The Morgan fingerprint density at radius 3 is 2.63 bits per heavy atom. The molecule has 1 fully saturated rings. The van der Waals surface area contributed by atoms with Gasteiger partial charge in [-0.3, -0.25) is 4.79 Å². The molecule has 2 rings (SSSR count). The Morgan fingerprint density at radius 1 is 1.32 bits per heavy atom. The first-order valence-corrected chi connectivity index (χ1v) is 6.27. The number of methoxy groups -OCH3 is 1. The maximum Gasteiger partial charge on any atom is 0.329 e. The Balaban J connectivity index is 2.41. The molecule has 3 amide bonds. The number of benzene rings is 1. The third kappa shape index (κ3) is 2.21. The lowest BCUT2D eigenvalue weighted by Gasteiger charge is -2.21. The second-order valence-corrected chi connectivity index (χ2v) is 4.82. The minimum Gasteiger partial charge on any atom is -0.382 e. The third-order valence-corrected chi connectivity index (χ3v) is 3.31. The van der Waals surface area contributed by atoms with E-state index in [4.69, 9.17) is 4.74 Å². The summed E-state index contributed by atoms with van der Waals surface area (Å²) in [7, 11) is 1.51. The summed E-state index contributed by atoms with van der Waals surface area (Å²) < 4.78 is 5.03. The van der Waals surface area contributed by atoms with Crippen LogP contribution in [0.15, 0.2) is 24.3 Å². The molecule has 0 aliphatic carbocycles. The first kappa shape index (κ1) is 13.5. The molecule has 19 heavy (non-hydrogen) atoms. The van der Waals surface area contributed by atoms with Crippen molar-refractivity contribution >= 4 is 17.6 Å². The number of hydrogen-bond acceptors (Lipinski definition) is 3. The average Bonchev–Trinajstić information content (AvgIpc) is 2.60. The van der Waals surface area contributed by atoms with Crippen molar-refractivity contribution in [1.82, 2.24) is 5.32 Å². The molecule has 1 N–H and O–H groups in total. The predicted octanol–water partition coefficient (Wildman–Crippen LogP) is 1.71. The van der Waals surface area contributed by atoms with Gasteiger partial charge in [-0.2, -0.15) is 0 Å². The molecule has 1 aliphatic rings. The molecule has 1 atom stereocenters. The summed E-state index contributed by atoms with van der Waals surface area (Å²) in [6.07, 6.45) is 0.758. The van der Waals surface area contributed by atoms with Gasteiger partial charge in [-0.1, -0.05) is 25.1 Å². The van der Waals surface area contributed by atoms with Crippen LogP contribution in [0.5, 0.6) is 0 Å². The third-order valence-electron chi connectivity index (χ3n) is 3.31. The number of carbonyl (C=O) groups excluding carboxylic acids is 2. The van der Waals surface area contributed by atoms with Gasteiger partial charge in [0.2, 0.25) is 0 Å². The molecule has 1 heterocycles. The fraction of sp³-hybridized carbons (Fsp3) is 0.429. The van der Waals surface area contributed by atoms with Gasteiger partial charge in [0.05, 0.1) is 12.3 Å². The minimum absolute atomic E-state index is 0.155. The van der Waals surface area contributed by atoms with Gasteiger partial charge in [-0.15, -0.1) is 0 Å². The standard InChI is InChI=1S/C14H18N2O3/c1-4-10-7-5-6-8-11(10)16-12(17)14(2,9-19-3)15-13(16)18/h5-8H,4,9H2,1-3H3,(H,15,18). The summed E-state index contributed by atoms with van der Waals surface area (Å²) in [5, 5.41) is 2.69. The number of ether oxygens (including phenoxy) is 1. The van der Waals surface area contributed by atoms with E-state index in [2.05, 4.69) is 5.32 Å². The highest BCUT2D eigenvalue weighted by molar-refractivity contribution is 6.23. The molecule has 1 aromatic rings. The summed E-state index contributed by atoms with van der Waals surface area (Å²) in [5.41, 5.74) is 0.618. The zero-order chi connectivity index (χ0) is 14.0. The molecule has 1 aromatic carbocycles. The maximum absolute atomic E-state index is 12.5. The van der Waals surface area contributed by atoms with Crippen molar-refractivity contribution < 1.29 is 14.3 Å². The molecular weight excluding hydrogens is 244 g/mol. The van der Waals surface area contributed by atoms with Crippen molar-refractivity contribution in [1.29, 1.82) is 0 Å². The van der Waals surface area contributed by atoms with Crippen LogP contribution in [0.4, 0.5) is 10.5 Å². The smallest absolute Gasteiger partial charge is 0.329 e. The first-order valence-electron chi connectivity index (χ1n) is 6.27. The Hall–Kier alpha value is -1.88. The highest BCUT2D eigenvalue weighted by Crippen LogP contribution is 2.28. The number of para-hydroxylation sites is 1. The molecule has 102 valence electrons. The Bertz CT molecular complexity index is 515. The van der Waals surface area contributed by atoms with Crippen LogP contribution < -0.4 is 10.2 Å². The van der Waals surface area contributed by atoms with Gasteiger partial charge in [0, 0.05) is 7.11 Å². The van der Waals surface area contributed by atoms with Gasteiger partial charge in [0.1, 0.15) is 5.54 Å². The number of anilines is 1. The number of nitrogens with zero attached hydrogens (tertiary/aromatic N) is 1. The lowest BCUT2D eigenvalue weighted by molar-refractivity contribution is -0.123. The van der Waals surface area contributed by atoms with Gasteiger partial charge >= 0.3 is 6.03 Å². The number of hydrogen-bond donors (Lipinski definition) is 1. The molecule has 1 aliphatic heterocycles. The highest BCUT2D eigenvalue weighted by atomic mass is 16.5. The zero-order valence-corrected chi connectivity index (χ0v) is 11.4. The normalized spacial score (nSPS) is 22.8. The summed E-state index contributed by atoms with van der Waals surface area (Å²) >= 11 is 0. The quantitative estimate of drug-likeness (QED) is 0.840. The second-order valence-electron chi connectivity index (χ2n) is 4.82. The molecule has 0 radical (unpaired) electrons. The fourth-order valence-corrected chi connectivity index (χ4v) is 2.32. The second kappa shape index (κ2) is 5.01. The molecule has 0 bridgehead atoms. The van der Waals surface area contributed by atoms with Crippen LogP contribution in [-0.4, -0.2) is 31.2 Å². The van der Waals surface area contributed by atoms with Crippen LogP contribution in [0.2, 0.25) is 0 Å².